The van der Waals surface area contributed by atoms with E-state index >= 15 is 0 Å². The van der Waals surface area contributed by atoms with Gasteiger partial charge in [0.15, 0.2) is 5.82 Å². The van der Waals surface area contributed by atoms with Crippen LogP contribution in [0.4, 0.5) is 11.5 Å². The average Bonchev–Trinajstić information content (AvgIpc) is 3.25. The van der Waals surface area contributed by atoms with Crippen molar-refractivity contribution in [3.63, 3.8) is 0 Å². The van der Waals surface area contributed by atoms with Gasteiger partial charge in [-0.2, -0.15) is 10.4 Å². The lowest BCUT2D eigenvalue weighted by molar-refractivity contribution is 0.512. The van der Waals surface area contributed by atoms with Gasteiger partial charge in [-0.15, -0.1) is 0 Å². The third-order valence-electron chi connectivity index (χ3n) is 7.70. The van der Waals surface area contributed by atoms with Crippen molar-refractivity contribution in [2.45, 2.75) is 76.9 Å². The monoisotopic (exact) mass is 477 g/mol. The maximum absolute atomic E-state index is 9.15. The summed E-state index contributed by atoms with van der Waals surface area (Å²) >= 11 is 6.88. The Kier molecular flexibility index (Phi) is 5.62. The van der Waals surface area contributed by atoms with Crippen LogP contribution in [0.25, 0.3) is 0 Å². The summed E-state index contributed by atoms with van der Waals surface area (Å²) in [6, 6.07) is 8.79. The fourth-order valence-corrected chi connectivity index (χ4v) is 11.9. The minimum absolute atomic E-state index is 0.145. The topological polar surface area (TPSA) is 57.2 Å². The molecule has 0 spiro atoms. The number of hydrogen-bond acceptors (Lipinski definition) is 5. The first-order valence-corrected chi connectivity index (χ1v) is 14.9. The molecule has 0 bridgehead atoms. The van der Waals surface area contributed by atoms with Crippen LogP contribution in [0.1, 0.15) is 63.6 Å². The zero-order valence-corrected chi connectivity index (χ0v) is 21.7. The molecule has 33 heavy (non-hydrogen) atoms. The molecule has 2 aromatic rings. The molecule has 1 saturated carbocycles. The van der Waals surface area contributed by atoms with E-state index in [1.54, 1.807) is 0 Å². The maximum atomic E-state index is 9.15. The van der Waals surface area contributed by atoms with Gasteiger partial charge in [-0.1, -0.05) is 63.1 Å². The molecule has 1 aromatic heterocycles. The van der Waals surface area contributed by atoms with Crippen LogP contribution in [0.15, 0.2) is 40.3 Å². The molecule has 0 radical (unpaired) electrons. The van der Waals surface area contributed by atoms with E-state index in [-0.39, 0.29) is 5.41 Å². The molecule has 1 fully saturated rings. The molecule has 3 aliphatic rings. The van der Waals surface area contributed by atoms with Crippen molar-refractivity contribution in [2.75, 3.05) is 11.9 Å². The van der Waals surface area contributed by atoms with Crippen LogP contribution in [0.2, 0.25) is 0 Å². The van der Waals surface area contributed by atoms with E-state index in [0.717, 1.165) is 11.5 Å². The molecule has 3 heterocycles. The van der Waals surface area contributed by atoms with E-state index in [2.05, 4.69) is 69.3 Å². The van der Waals surface area contributed by atoms with Gasteiger partial charge in [0.2, 0.25) is 0 Å². The van der Waals surface area contributed by atoms with E-state index in [9.17, 15) is 0 Å². The summed E-state index contributed by atoms with van der Waals surface area (Å²) in [7, 11) is 2.18. The van der Waals surface area contributed by atoms with Crippen molar-refractivity contribution in [2.24, 2.45) is 4.99 Å². The van der Waals surface area contributed by atoms with Crippen LogP contribution >= 0.6 is 6.04 Å². The van der Waals surface area contributed by atoms with Crippen molar-refractivity contribution >= 4 is 40.9 Å². The number of rotatable bonds is 3. The summed E-state index contributed by atoms with van der Waals surface area (Å²) in [4.78, 5) is 7.35. The lowest BCUT2D eigenvalue weighted by atomic mass is 9.84. The van der Waals surface area contributed by atoms with Crippen molar-refractivity contribution in [3.05, 3.63) is 46.5 Å². The zero-order valence-electron chi connectivity index (χ0n) is 20.0. The number of fused-ring (bicyclic) bond motifs is 2. The van der Waals surface area contributed by atoms with Gasteiger partial charge in [-0.05, 0) is 37.1 Å². The van der Waals surface area contributed by atoms with E-state index in [1.807, 2.05) is 4.68 Å². The minimum Gasteiger partial charge on any atom is -0.346 e. The van der Waals surface area contributed by atoms with Crippen molar-refractivity contribution in [3.8, 4) is 6.07 Å². The second-order valence-corrected chi connectivity index (χ2v) is 14.7. The number of aliphatic imine (C=N–C) groups is 1. The number of hydrogen-bond donors (Lipinski definition) is 0. The van der Waals surface area contributed by atoms with Gasteiger partial charge in [-0.25, -0.2) is 9.67 Å². The Hall–Kier alpha value is -2.22. The van der Waals surface area contributed by atoms with Crippen molar-refractivity contribution < 1.29 is 0 Å². The number of para-hydroxylation sites is 1. The van der Waals surface area contributed by atoms with Gasteiger partial charge >= 0.3 is 0 Å². The molecule has 1 aromatic carbocycles. The Bertz CT molecular complexity index is 1260. The second kappa shape index (κ2) is 8.22. The minimum atomic E-state index is -2.18. The predicted molar refractivity (Wildman–Crippen MR) is 141 cm³/mol. The molecule has 5 nitrogen and oxygen atoms in total. The van der Waals surface area contributed by atoms with Crippen LogP contribution in [-0.4, -0.2) is 28.7 Å². The number of nitriles is 1. The summed E-state index contributed by atoms with van der Waals surface area (Å²) in [5.41, 5.74) is 5.25. The number of anilines is 1. The summed E-state index contributed by atoms with van der Waals surface area (Å²) in [5, 5.41) is 16.5. The third-order valence-corrected chi connectivity index (χ3v) is 13.5. The number of likely N-dealkylation sites (N-methyl/N-ethyl adjacent to an activating group) is 1. The first kappa shape index (κ1) is 22.6. The lowest BCUT2D eigenvalue weighted by Crippen LogP contribution is -2.31. The summed E-state index contributed by atoms with van der Waals surface area (Å²) in [5.74, 6) is 0.900. The van der Waals surface area contributed by atoms with Crippen LogP contribution in [-0.2, 0) is 23.8 Å². The Balaban J connectivity index is 1.78. The molecule has 7 heteroatoms. The van der Waals surface area contributed by atoms with Gasteiger partial charge in [0.25, 0.3) is 0 Å². The van der Waals surface area contributed by atoms with E-state index in [1.165, 1.54) is 59.7 Å². The average molecular weight is 478 g/mol. The molecule has 2 aliphatic heterocycles. The van der Waals surface area contributed by atoms with Crippen molar-refractivity contribution in [1.82, 2.24) is 9.78 Å². The number of benzene rings is 1. The summed E-state index contributed by atoms with van der Waals surface area (Å²) in [6.45, 7) is 7.30. The molecule has 172 valence electrons. The molecule has 0 amide bonds. The molecule has 0 saturated heterocycles. The predicted octanol–water partition coefficient (Wildman–Crippen LogP) is 5.90. The zero-order chi connectivity index (χ0) is 23.4. The fourth-order valence-electron chi connectivity index (χ4n) is 6.21. The van der Waals surface area contributed by atoms with Crippen LogP contribution < -0.4 is 10.2 Å². The first-order chi connectivity index (χ1) is 15.8. The molecule has 0 N–H and O–H groups in total. The van der Waals surface area contributed by atoms with Gasteiger partial charge < -0.3 is 4.90 Å². The quantitative estimate of drug-likeness (QED) is 0.517. The van der Waals surface area contributed by atoms with Gasteiger partial charge in [-0.3, -0.25) is 0 Å². The number of nitrogens with zero attached hydrogens (tertiary/aromatic N) is 5. The van der Waals surface area contributed by atoms with Gasteiger partial charge in [0.1, 0.15) is 0 Å². The first-order valence-electron chi connectivity index (χ1n) is 12.0. The highest BCUT2D eigenvalue weighted by molar-refractivity contribution is 8.21. The maximum Gasteiger partial charge on any atom is 0.159 e. The lowest BCUT2D eigenvalue weighted by Gasteiger charge is -2.40. The van der Waals surface area contributed by atoms with Gasteiger partial charge in [0.05, 0.1) is 30.0 Å². The number of allylic oxidation sites excluding steroid dienone is 2. The standard InChI is InChI=1S/C26H32N5PS/c1-18-23-25(31(29-18)16-10-15-27)28-17-22(32(23,33)19-11-6-5-7-12-19)24-26(2,3)20-13-8-9-14-21(20)30(24)4/h8-9,13-14,17,19H,5-7,10-12,16H2,1-4H3. The van der Waals surface area contributed by atoms with Crippen LogP contribution in [0.5, 0.6) is 0 Å². The second-order valence-electron chi connectivity index (χ2n) is 10.0. The molecule has 1 aliphatic carbocycles. The Morgan fingerprint density at radius 2 is 1.94 bits per heavy atom. The molecular formula is C26H32N5PS. The number of aryl methyl sites for hydroxylation is 2. The highest BCUT2D eigenvalue weighted by Gasteiger charge is 2.48. The van der Waals surface area contributed by atoms with E-state index in [0.29, 0.717) is 18.6 Å². The Labute approximate surface area is 202 Å². The highest BCUT2D eigenvalue weighted by Crippen LogP contribution is 2.67. The largest absolute Gasteiger partial charge is 0.346 e. The Morgan fingerprint density at radius 1 is 1.21 bits per heavy atom. The third kappa shape index (κ3) is 3.27. The van der Waals surface area contributed by atoms with Gasteiger partial charge in [0, 0.05) is 41.4 Å². The molecular weight excluding hydrogens is 445 g/mol. The Morgan fingerprint density at radius 3 is 2.64 bits per heavy atom. The molecule has 1 unspecified atom stereocenters. The molecule has 5 rings (SSSR count). The highest BCUT2D eigenvalue weighted by atomic mass is 32.4. The molecule has 1 atom stereocenters. The van der Waals surface area contributed by atoms with E-state index < -0.39 is 6.04 Å². The van der Waals surface area contributed by atoms with Crippen LogP contribution in [0, 0.1) is 18.3 Å². The fraction of sp³-hybridized carbons (Fsp3) is 0.500. The van der Waals surface area contributed by atoms with E-state index in [4.69, 9.17) is 27.2 Å². The van der Waals surface area contributed by atoms with Crippen molar-refractivity contribution in [1.29, 1.82) is 5.26 Å². The van der Waals surface area contributed by atoms with Crippen LogP contribution in [0.3, 0.4) is 0 Å². The normalized spacial score (nSPS) is 26.2. The summed E-state index contributed by atoms with van der Waals surface area (Å²) in [6.07, 6.45) is 8.67. The smallest absolute Gasteiger partial charge is 0.159 e. The summed E-state index contributed by atoms with van der Waals surface area (Å²) < 4.78 is 1.92. The number of aromatic nitrogens is 2. The SMILES string of the molecule is Cc1nn(CCC#N)c2c1P(=S)(C1CCCCC1)C(=C1N(C)c3ccccc3C1(C)C)C=N2.